The molecular weight excluding hydrogens is 449 g/mol. The number of nitrogens with one attached hydrogen (secondary N) is 2. The molecule has 0 aliphatic rings. The third kappa shape index (κ3) is 5.14. The Hall–Kier alpha value is -3.67. The molecule has 0 bridgehead atoms. The molecular formula is C20H17F3N4O4S. The predicted octanol–water partition coefficient (Wildman–Crippen LogP) is 3.58. The average Bonchev–Trinajstić information content (AvgIpc) is 3.30. The minimum absolute atomic E-state index is 0.130. The summed E-state index contributed by atoms with van der Waals surface area (Å²) in [6.07, 6.45) is -3.08. The molecule has 12 heteroatoms. The Bertz CT molecular complexity index is 1200. The van der Waals surface area contributed by atoms with E-state index in [0.717, 1.165) is 23.5 Å². The number of benzene rings is 1. The first-order chi connectivity index (χ1) is 15.1. The molecule has 3 amide bonds. The molecule has 0 aliphatic carbocycles. The van der Waals surface area contributed by atoms with Gasteiger partial charge in [-0.2, -0.15) is 18.3 Å². The van der Waals surface area contributed by atoms with Gasteiger partial charge in [-0.15, -0.1) is 17.9 Å². The van der Waals surface area contributed by atoms with E-state index >= 15 is 0 Å². The number of ether oxygens (including phenoxy) is 1. The van der Waals surface area contributed by atoms with Crippen LogP contribution in [-0.4, -0.2) is 40.8 Å². The van der Waals surface area contributed by atoms with Crippen LogP contribution in [0, 0.1) is 6.92 Å². The van der Waals surface area contributed by atoms with Gasteiger partial charge in [0.1, 0.15) is 9.71 Å². The minimum Gasteiger partial charge on any atom is -0.451 e. The van der Waals surface area contributed by atoms with Crippen LogP contribution < -0.4 is 10.6 Å². The van der Waals surface area contributed by atoms with Crippen LogP contribution in [0.2, 0.25) is 0 Å². The second-order valence-corrected chi connectivity index (χ2v) is 7.53. The number of esters is 1. The highest BCUT2D eigenvalue weighted by Gasteiger charge is 2.31. The van der Waals surface area contributed by atoms with Crippen LogP contribution in [0.4, 0.5) is 18.0 Å². The number of aryl methyl sites for hydroxylation is 1. The van der Waals surface area contributed by atoms with Gasteiger partial charge in [0.25, 0.3) is 5.91 Å². The van der Waals surface area contributed by atoms with Gasteiger partial charge in [0, 0.05) is 11.9 Å². The monoisotopic (exact) mass is 466 g/mol. The van der Waals surface area contributed by atoms with E-state index < -0.39 is 36.3 Å². The van der Waals surface area contributed by atoms with E-state index in [2.05, 4.69) is 17.0 Å². The molecule has 0 spiro atoms. The van der Waals surface area contributed by atoms with Crippen molar-refractivity contribution in [1.82, 2.24) is 20.4 Å². The largest absolute Gasteiger partial charge is 0.451 e. The van der Waals surface area contributed by atoms with Crippen molar-refractivity contribution in [2.75, 3.05) is 13.2 Å². The van der Waals surface area contributed by atoms with Crippen LogP contribution in [0.25, 0.3) is 15.9 Å². The summed E-state index contributed by atoms with van der Waals surface area (Å²) in [5, 5.41) is 9.14. The van der Waals surface area contributed by atoms with Gasteiger partial charge >= 0.3 is 18.2 Å². The number of alkyl halides is 3. The van der Waals surface area contributed by atoms with E-state index in [1.54, 1.807) is 6.92 Å². The fourth-order valence-electron chi connectivity index (χ4n) is 2.71. The third-order valence-electron chi connectivity index (χ3n) is 4.16. The van der Waals surface area contributed by atoms with Gasteiger partial charge < -0.3 is 10.1 Å². The highest BCUT2D eigenvalue weighted by molar-refractivity contribution is 7.20. The molecule has 0 saturated carbocycles. The van der Waals surface area contributed by atoms with Crippen LogP contribution in [0.15, 0.2) is 43.0 Å². The molecule has 8 nitrogen and oxygen atoms in total. The zero-order chi connectivity index (χ0) is 23.5. The van der Waals surface area contributed by atoms with Crippen molar-refractivity contribution in [3.05, 3.63) is 59.1 Å². The molecule has 2 N–H and O–H groups in total. The minimum atomic E-state index is -4.51. The van der Waals surface area contributed by atoms with Gasteiger partial charge in [0.2, 0.25) is 0 Å². The van der Waals surface area contributed by atoms with Gasteiger partial charge in [-0.05, 0) is 31.2 Å². The quantitative estimate of drug-likeness (QED) is 0.427. The molecule has 32 heavy (non-hydrogen) atoms. The first-order valence-electron chi connectivity index (χ1n) is 9.12. The normalized spacial score (nSPS) is 11.2. The molecule has 1 aromatic carbocycles. The Kier molecular flexibility index (Phi) is 6.63. The molecule has 2 aromatic heterocycles. The highest BCUT2D eigenvalue weighted by atomic mass is 32.1. The maximum Gasteiger partial charge on any atom is 0.416 e. The number of amides is 3. The summed E-state index contributed by atoms with van der Waals surface area (Å²) in [6.45, 7) is 4.54. The van der Waals surface area contributed by atoms with E-state index in [0.29, 0.717) is 15.9 Å². The van der Waals surface area contributed by atoms with Crippen molar-refractivity contribution in [2.24, 2.45) is 0 Å². The summed E-state index contributed by atoms with van der Waals surface area (Å²) in [4.78, 5) is 36.0. The van der Waals surface area contributed by atoms with Crippen molar-refractivity contribution in [3.63, 3.8) is 0 Å². The Balaban J connectivity index is 1.76. The van der Waals surface area contributed by atoms with Crippen LogP contribution in [-0.2, 0) is 15.7 Å². The van der Waals surface area contributed by atoms with Gasteiger partial charge in [0.15, 0.2) is 6.61 Å². The maximum atomic E-state index is 13.1. The smallest absolute Gasteiger partial charge is 0.416 e. The van der Waals surface area contributed by atoms with E-state index in [1.165, 1.54) is 29.0 Å². The standard InChI is InChI=1S/C20H17F3N4O4S/c1-3-7-24-19(30)25-16(28)10-31-18(29)15-9-14-11(2)26-27(17(14)32-15)13-6-4-5-12(8-13)20(21,22)23/h3-6,8-9H,1,7,10H2,2H3,(H2,24,25,28,30). The molecule has 0 fully saturated rings. The summed E-state index contributed by atoms with van der Waals surface area (Å²) in [7, 11) is 0. The number of hydrogen-bond donors (Lipinski definition) is 2. The number of fused-ring (bicyclic) bond motifs is 1. The van der Waals surface area contributed by atoms with Crippen LogP contribution in [0.1, 0.15) is 20.9 Å². The molecule has 3 rings (SSSR count). The Morgan fingerprint density at radius 3 is 2.72 bits per heavy atom. The second-order valence-electron chi connectivity index (χ2n) is 6.50. The highest BCUT2D eigenvalue weighted by Crippen LogP contribution is 2.33. The number of aromatic nitrogens is 2. The maximum absolute atomic E-state index is 13.1. The molecule has 3 aromatic rings. The number of carbonyl (C=O) groups is 3. The fourth-order valence-corrected chi connectivity index (χ4v) is 3.79. The molecule has 0 aliphatic heterocycles. The van der Waals surface area contributed by atoms with Gasteiger partial charge in [-0.25, -0.2) is 14.3 Å². The van der Waals surface area contributed by atoms with E-state index in [1.807, 2.05) is 5.32 Å². The van der Waals surface area contributed by atoms with Crippen molar-refractivity contribution in [2.45, 2.75) is 13.1 Å². The summed E-state index contributed by atoms with van der Waals surface area (Å²) in [6, 6.07) is 5.39. The number of hydrogen-bond acceptors (Lipinski definition) is 6. The lowest BCUT2D eigenvalue weighted by molar-refractivity contribution is -0.137. The molecule has 0 radical (unpaired) electrons. The number of imide groups is 1. The zero-order valence-electron chi connectivity index (χ0n) is 16.7. The van der Waals surface area contributed by atoms with Crippen LogP contribution in [0.3, 0.4) is 0 Å². The van der Waals surface area contributed by atoms with Crippen molar-refractivity contribution < 1.29 is 32.3 Å². The lowest BCUT2D eigenvalue weighted by atomic mass is 10.2. The number of rotatable bonds is 6. The lowest BCUT2D eigenvalue weighted by Gasteiger charge is -2.09. The average molecular weight is 466 g/mol. The molecule has 168 valence electrons. The molecule has 0 saturated heterocycles. The molecule has 0 atom stereocenters. The number of urea groups is 1. The van der Waals surface area contributed by atoms with Gasteiger partial charge in [-0.1, -0.05) is 12.1 Å². The number of carbonyl (C=O) groups excluding carboxylic acids is 3. The van der Waals surface area contributed by atoms with Crippen molar-refractivity contribution in [3.8, 4) is 5.69 Å². The summed E-state index contributed by atoms with van der Waals surface area (Å²) in [5.74, 6) is -1.64. The fraction of sp³-hybridized carbons (Fsp3) is 0.200. The van der Waals surface area contributed by atoms with Crippen LogP contribution in [0.5, 0.6) is 0 Å². The summed E-state index contributed by atoms with van der Waals surface area (Å²) >= 11 is 0.960. The second kappa shape index (κ2) is 9.22. The number of nitrogens with zero attached hydrogens (tertiary/aromatic N) is 2. The Labute approximate surface area is 183 Å². The molecule has 2 heterocycles. The van der Waals surface area contributed by atoms with E-state index in [4.69, 9.17) is 4.74 Å². The number of halogens is 3. The Morgan fingerprint density at radius 2 is 2.03 bits per heavy atom. The van der Waals surface area contributed by atoms with Crippen LogP contribution >= 0.6 is 11.3 Å². The van der Waals surface area contributed by atoms with E-state index in [9.17, 15) is 27.6 Å². The topological polar surface area (TPSA) is 102 Å². The first-order valence-corrected chi connectivity index (χ1v) is 9.94. The first kappa shape index (κ1) is 23.0. The lowest BCUT2D eigenvalue weighted by Crippen LogP contribution is -2.41. The summed E-state index contributed by atoms with van der Waals surface area (Å²) < 4.78 is 45.4. The van der Waals surface area contributed by atoms with Crippen molar-refractivity contribution >= 4 is 39.5 Å². The SMILES string of the molecule is C=CCNC(=O)NC(=O)COC(=O)c1cc2c(C)nn(-c3cccc(C(F)(F)F)c3)c2s1. The van der Waals surface area contributed by atoms with Gasteiger partial charge in [-0.3, -0.25) is 10.1 Å². The third-order valence-corrected chi connectivity index (χ3v) is 5.25. The van der Waals surface area contributed by atoms with E-state index in [-0.39, 0.29) is 17.1 Å². The zero-order valence-corrected chi connectivity index (χ0v) is 17.5. The van der Waals surface area contributed by atoms with Crippen molar-refractivity contribution in [1.29, 1.82) is 0 Å². The Morgan fingerprint density at radius 1 is 1.28 bits per heavy atom. The summed E-state index contributed by atoms with van der Waals surface area (Å²) in [5.41, 5.74) is -0.135. The number of thiophene rings is 1. The predicted molar refractivity (Wildman–Crippen MR) is 111 cm³/mol. The molecule has 0 unspecified atom stereocenters. The van der Waals surface area contributed by atoms with Gasteiger partial charge in [0.05, 0.1) is 16.9 Å².